The van der Waals surface area contributed by atoms with Gasteiger partial charge in [-0.2, -0.15) is 0 Å². The minimum Gasteiger partial charge on any atom is -0.385 e. The van der Waals surface area contributed by atoms with E-state index in [-0.39, 0.29) is 18.0 Å². The molecule has 1 heterocycles. The lowest BCUT2D eigenvalue weighted by Gasteiger charge is -2.56. The van der Waals surface area contributed by atoms with Crippen LogP contribution in [0.4, 0.5) is 0 Å². The number of benzene rings is 1. The first-order chi connectivity index (χ1) is 17.8. The van der Waals surface area contributed by atoms with Crippen LogP contribution in [0.5, 0.6) is 0 Å². The molecule has 1 aliphatic heterocycles. The summed E-state index contributed by atoms with van der Waals surface area (Å²) < 4.78 is 28.9. The van der Waals surface area contributed by atoms with E-state index < -0.39 is 11.4 Å². The van der Waals surface area contributed by atoms with Crippen LogP contribution in [0.25, 0.3) is 0 Å². The van der Waals surface area contributed by atoms with Crippen LogP contribution in [0.15, 0.2) is 35.4 Å². The Labute approximate surface area is 221 Å². The van der Waals surface area contributed by atoms with Crippen molar-refractivity contribution >= 4 is 0 Å². The molecule has 0 amide bonds. The molecule has 4 aliphatic carbocycles. The SMILES string of the molecule is COCC1CCC2C3CCC4(O)CC(OC)(OC)CCC4=C3C(c3ccc(C4OC(C)O4)cc3)C[C@]12C. The zero-order valence-corrected chi connectivity index (χ0v) is 23.1. The largest absolute Gasteiger partial charge is 0.385 e. The van der Waals surface area contributed by atoms with Crippen molar-refractivity contribution in [3.05, 3.63) is 46.5 Å². The maximum absolute atomic E-state index is 12.1. The maximum atomic E-state index is 12.1. The molecule has 0 bridgehead atoms. The van der Waals surface area contributed by atoms with Gasteiger partial charge in [-0.25, -0.2) is 0 Å². The van der Waals surface area contributed by atoms with E-state index in [1.807, 2.05) is 14.0 Å². The van der Waals surface area contributed by atoms with Gasteiger partial charge in [0.25, 0.3) is 0 Å². The highest BCUT2D eigenvalue weighted by atomic mass is 16.9. The Bertz CT molecular complexity index is 1020. The third-order valence-corrected chi connectivity index (χ3v) is 11.0. The fraction of sp³-hybridized carbons (Fsp3) is 0.742. The summed E-state index contributed by atoms with van der Waals surface area (Å²) in [6, 6.07) is 8.88. The Balaban J connectivity index is 1.41. The molecule has 1 saturated heterocycles. The quantitative estimate of drug-likeness (QED) is 0.381. The predicted octanol–water partition coefficient (Wildman–Crippen LogP) is 5.85. The molecule has 4 fully saturated rings. The van der Waals surface area contributed by atoms with Gasteiger partial charge in [-0.15, -0.1) is 0 Å². The number of hydrogen-bond donors (Lipinski definition) is 1. The molecule has 1 N–H and O–H groups in total. The zero-order chi connectivity index (χ0) is 26.0. The van der Waals surface area contributed by atoms with Crippen LogP contribution in [0.2, 0.25) is 0 Å². The summed E-state index contributed by atoms with van der Waals surface area (Å²) >= 11 is 0. The minimum absolute atomic E-state index is 0.134. The van der Waals surface area contributed by atoms with Crippen molar-refractivity contribution in [1.82, 2.24) is 0 Å². The van der Waals surface area contributed by atoms with Gasteiger partial charge >= 0.3 is 0 Å². The number of rotatable bonds is 6. The number of fused-ring (bicyclic) bond motifs is 4. The highest BCUT2D eigenvalue weighted by Gasteiger charge is 2.60. The topological polar surface area (TPSA) is 66.4 Å². The summed E-state index contributed by atoms with van der Waals surface area (Å²) in [6.07, 6.45) is 7.11. The Kier molecular flexibility index (Phi) is 6.62. The van der Waals surface area contributed by atoms with Gasteiger partial charge in [0, 0.05) is 52.3 Å². The molecule has 1 aromatic carbocycles. The molecule has 1 aromatic rings. The van der Waals surface area contributed by atoms with E-state index >= 15 is 0 Å². The van der Waals surface area contributed by atoms with Crippen molar-refractivity contribution in [2.75, 3.05) is 27.9 Å². The molecular formula is C31H44O6. The minimum atomic E-state index is -0.865. The summed E-state index contributed by atoms with van der Waals surface area (Å²) in [6.45, 7) is 5.28. The number of allylic oxidation sites excluding steroid dienone is 1. The molecule has 6 rings (SSSR count). The third-order valence-electron chi connectivity index (χ3n) is 11.0. The second-order valence-electron chi connectivity index (χ2n) is 12.5. The molecule has 37 heavy (non-hydrogen) atoms. The van der Waals surface area contributed by atoms with Crippen molar-refractivity contribution in [2.45, 2.75) is 95.1 Å². The molecule has 6 atom stereocenters. The zero-order valence-electron chi connectivity index (χ0n) is 23.1. The van der Waals surface area contributed by atoms with Gasteiger partial charge in [-0.1, -0.05) is 36.8 Å². The molecule has 6 heteroatoms. The Morgan fingerprint density at radius 3 is 2.32 bits per heavy atom. The number of aliphatic hydroxyl groups is 1. The third kappa shape index (κ3) is 4.06. The summed E-state index contributed by atoms with van der Waals surface area (Å²) in [5, 5.41) is 12.1. The van der Waals surface area contributed by atoms with E-state index in [0.717, 1.165) is 44.3 Å². The first-order valence-corrected chi connectivity index (χ1v) is 14.2. The van der Waals surface area contributed by atoms with Gasteiger partial charge in [-0.05, 0) is 79.8 Å². The van der Waals surface area contributed by atoms with Crippen molar-refractivity contribution in [3.8, 4) is 0 Å². The fourth-order valence-corrected chi connectivity index (χ4v) is 8.98. The van der Waals surface area contributed by atoms with E-state index in [2.05, 4.69) is 31.2 Å². The Hall–Kier alpha value is -1.28. The number of methoxy groups -OCH3 is 3. The molecule has 0 aromatic heterocycles. The predicted molar refractivity (Wildman–Crippen MR) is 140 cm³/mol. The van der Waals surface area contributed by atoms with Gasteiger partial charge in [0.15, 0.2) is 18.4 Å². The standard InChI is InChI=1S/C31H44O6/c1-19-36-28(37-19)21-8-6-20(7-9-21)24-16-29(2)22(17-33-3)10-11-25(29)23-12-14-30(32)18-31(34-4,35-5)15-13-26(30)27(23)24/h6-9,19,22-25,28,32H,10-18H2,1-5H3/t19?,22?,23?,24?,25?,28?,29-,30?/m1/s1. The molecule has 5 aliphatic rings. The highest BCUT2D eigenvalue weighted by Crippen LogP contribution is 2.66. The van der Waals surface area contributed by atoms with Crippen molar-refractivity contribution in [3.63, 3.8) is 0 Å². The average Bonchev–Trinajstić information content (AvgIpc) is 3.21. The Morgan fingerprint density at radius 1 is 0.973 bits per heavy atom. The summed E-state index contributed by atoms with van der Waals surface area (Å²) in [5.74, 6) is 1.32. The van der Waals surface area contributed by atoms with Crippen LogP contribution < -0.4 is 0 Å². The lowest BCUT2D eigenvalue weighted by Crippen LogP contribution is -2.54. The fourth-order valence-electron chi connectivity index (χ4n) is 8.98. The number of ether oxygens (including phenoxy) is 5. The van der Waals surface area contributed by atoms with E-state index in [1.165, 1.54) is 29.6 Å². The summed E-state index contributed by atoms with van der Waals surface area (Å²) in [4.78, 5) is 0. The smallest absolute Gasteiger partial charge is 0.189 e. The van der Waals surface area contributed by atoms with Gasteiger partial charge < -0.3 is 28.8 Å². The van der Waals surface area contributed by atoms with Gasteiger partial charge in [0.05, 0.1) is 5.60 Å². The monoisotopic (exact) mass is 512 g/mol. The van der Waals surface area contributed by atoms with Crippen molar-refractivity contribution in [1.29, 1.82) is 0 Å². The van der Waals surface area contributed by atoms with Crippen molar-refractivity contribution in [2.24, 2.45) is 23.2 Å². The number of hydrogen-bond acceptors (Lipinski definition) is 6. The van der Waals surface area contributed by atoms with Crippen molar-refractivity contribution < 1.29 is 28.8 Å². The van der Waals surface area contributed by atoms with E-state index in [0.29, 0.717) is 30.1 Å². The van der Waals surface area contributed by atoms with Crippen LogP contribution >= 0.6 is 0 Å². The second-order valence-corrected chi connectivity index (χ2v) is 12.5. The Morgan fingerprint density at radius 2 is 1.68 bits per heavy atom. The molecule has 0 spiro atoms. The molecule has 5 unspecified atom stereocenters. The molecule has 0 radical (unpaired) electrons. The molecular weight excluding hydrogens is 468 g/mol. The first kappa shape index (κ1) is 26.0. The lowest BCUT2D eigenvalue weighted by molar-refractivity contribution is -0.382. The van der Waals surface area contributed by atoms with E-state index in [1.54, 1.807) is 14.2 Å². The highest BCUT2D eigenvalue weighted by molar-refractivity contribution is 5.44. The maximum Gasteiger partial charge on any atom is 0.189 e. The second kappa shape index (κ2) is 9.42. The average molecular weight is 513 g/mol. The molecule has 204 valence electrons. The lowest BCUT2D eigenvalue weighted by atomic mass is 9.50. The molecule has 6 nitrogen and oxygen atoms in total. The summed E-state index contributed by atoms with van der Waals surface area (Å²) in [7, 11) is 5.25. The van der Waals surface area contributed by atoms with E-state index in [9.17, 15) is 5.11 Å². The van der Waals surface area contributed by atoms with Gasteiger partial charge in [-0.3, -0.25) is 0 Å². The van der Waals surface area contributed by atoms with Gasteiger partial charge in [0.2, 0.25) is 0 Å². The van der Waals surface area contributed by atoms with Gasteiger partial charge in [0.1, 0.15) is 0 Å². The summed E-state index contributed by atoms with van der Waals surface area (Å²) in [5.41, 5.74) is 4.57. The normalized spacial score (nSPS) is 42.5. The van der Waals surface area contributed by atoms with Crippen LogP contribution in [0.3, 0.4) is 0 Å². The van der Waals surface area contributed by atoms with E-state index in [4.69, 9.17) is 23.7 Å². The van der Waals surface area contributed by atoms with Crippen LogP contribution in [-0.4, -0.2) is 50.7 Å². The van der Waals surface area contributed by atoms with Crippen LogP contribution in [0.1, 0.15) is 88.5 Å². The van der Waals surface area contributed by atoms with Crippen LogP contribution in [-0.2, 0) is 23.7 Å². The van der Waals surface area contributed by atoms with Crippen LogP contribution in [0, 0.1) is 23.2 Å². The first-order valence-electron chi connectivity index (χ1n) is 14.2. The molecule has 3 saturated carbocycles.